The van der Waals surface area contributed by atoms with E-state index in [1.54, 1.807) is 29.2 Å². The second kappa shape index (κ2) is 9.07. The molecule has 31 heavy (non-hydrogen) atoms. The van der Waals surface area contributed by atoms with E-state index in [2.05, 4.69) is 15.5 Å². The van der Waals surface area contributed by atoms with Crippen LogP contribution < -0.4 is 5.32 Å². The Bertz CT molecular complexity index is 1080. The molecule has 0 spiro atoms. The van der Waals surface area contributed by atoms with Gasteiger partial charge in [0.25, 0.3) is 0 Å². The molecular weight excluding hydrogens is 399 g/mol. The molecule has 2 heterocycles. The molecule has 2 amide bonds. The first-order valence-electron chi connectivity index (χ1n) is 10.2. The third-order valence-corrected chi connectivity index (χ3v) is 5.27. The van der Waals surface area contributed by atoms with Crippen molar-refractivity contribution in [2.24, 2.45) is 0 Å². The van der Waals surface area contributed by atoms with Crippen molar-refractivity contribution in [3.63, 3.8) is 0 Å². The highest BCUT2D eigenvalue weighted by molar-refractivity contribution is 5.88. The third kappa shape index (κ3) is 5.14. The average Bonchev–Trinajstić information content (AvgIpc) is 3.24. The van der Waals surface area contributed by atoms with Gasteiger partial charge in [-0.3, -0.25) is 9.59 Å². The van der Waals surface area contributed by atoms with Gasteiger partial charge in [-0.1, -0.05) is 17.3 Å². The number of benzene rings is 2. The van der Waals surface area contributed by atoms with Crippen molar-refractivity contribution in [3.05, 3.63) is 65.8 Å². The molecular formula is C23H23FN4O3. The Labute approximate surface area is 179 Å². The van der Waals surface area contributed by atoms with Gasteiger partial charge in [-0.2, -0.15) is 4.98 Å². The fourth-order valence-corrected chi connectivity index (χ4v) is 3.76. The van der Waals surface area contributed by atoms with E-state index < -0.39 is 0 Å². The number of rotatable bonds is 5. The van der Waals surface area contributed by atoms with Gasteiger partial charge >= 0.3 is 0 Å². The van der Waals surface area contributed by atoms with Crippen molar-refractivity contribution < 1.29 is 18.5 Å². The summed E-state index contributed by atoms with van der Waals surface area (Å²) in [5, 5.41) is 6.80. The Morgan fingerprint density at radius 2 is 2.03 bits per heavy atom. The number of carbonyl (C=O) groups is 2. The minimum atomic E-state index is -0.342. The Kier molecular flexibility index (Phi) is 6.06. The summed E-state index contributed by atoms with van der Waals surface area (Å²) in [4.78, 5) is 30.2. The summed E-state index contributed by atoms with van der Waals surface area (Å²) in [6.07, 6.45) is 1.86. The van der Waals surface area contributed by atoms with Gasteiger partial charge in [0.05, 0.1) is 12.3 Å². The van der Waals surface area contributed by atoms with E-state index in [4.69, 9.17) is 4.52 Å². The van der Waals surface area contributed by atoms with Gasteiger partial charge in [0.2, 0.25) is 23.5 Å². The van der Waals surface area contributed by atoms with E-state index in [1.165, 1.54) is 19.1 Å². The largest absolute Gasteiger partial charge is 0.342 e. The summed E-state index contributed by atoms with van der Waals surface area (Å²) in [5.41, 5.74) is 2.13. The Morgan fingerprint density at radius 3 is 2.77 bits per heavy atom. The number of amides is 2. The van der Waals surface area contributed by atoms with E-state index in [0.717, 1.165) is 18.4 Å². The SMILES string of the molecule is CC(=O)Nc1ccc(-c2noc(C3CCCN(C(=O)Cc4cccc(F)c4)C3)n2)cc1. The molecule has 2 aromatic carbocycles. The van der Waals surface area contributed by atoms with Crippen molar-refractivity contribution in [1.82, 2.24) is 15.0 Å². The summed E-state index contributed by atoms with van der Waals surface area (Å²) in [6.45, 7) is 2.61. The fraction of sp³-hybridized carbons (Fsp3) is 0.304. The standard InChI is InChI=1S/C23H23FN4O3/c1-15(29)25-20-9-7-17(8-10-20)22-26-23(31-27-22)18-5-3-11-28(14-18)21(30)13-16-4-2-6-19(24)12-16/h2,4,6-10,12,18H,3,5,11,13-14H2,1H3,(H,25,29). The van der Waals surface area contributed by atoms with Crippen LogP contribution in [0.2, 0.25) is 0 Å². The molecule has 0 saturated carbocycles. The second-order valence-corrected chi connectivity index (χ2v) is 7.70. The van der Waals surface area contributed by atoms with E-state index in [0.29, 0.717) is 36.1 Å². The lowest BCUT2D eigenvalue weighted by Gasteiger charge is -2.31. The Balaban J connectivity index is 1.41. The number of nitrogens with zero attached hydrogens (tertiary/aromatic N) is 3. The number of aromatic nitrogens is 2. The third-order valence-electron chi connectivity index (χ3n) is 5.27. The summed E-state index contributed by atoms with van der Waals surface area (Å²) in [5.74, 6) is 0.416. The van der Waals surface area contributed by atoms with Crippen LogP contribution >= 0.6 is 0 Å². The van der Waals surface area contributed by atoms with Gasteiger partial charge in [-0.25, -0.2) is 4.39 Å². The highest BCUT2D eigenvalue weighted by atomic mass is 19.1. The molecule has 1 aromatic heterocycles. The average molecular weight is 422 g/mol. The minimum absolute atomic E-state index is 0.0369. The maximum atomic E-state index is 13.4. The van der Waals surface area contributed by atoms with Gasteiger partial charge in [0, 0.05) is 31.3 Å². The molecule has 0 bridgehead atoms. The topological polar surface area (TPSA) is 88.3 Å². The van der Waals surface area contributed by atoms with Crippen molar-refractivity contribution in [3.8, 4) is 11.4 Å². The van der Waals surface area contributed by atoms with Gasteiger partial charge in [0.1, 0.15) is 5.82 Å². The molecule has 1 fully saturated rings. The van der Waals surface area contributed by atoms with Crippen molar-refractivity contribution in [2.45, 2.75) is 32.1 Å². The maximum absolute atomic E-state index is 13.4. The highest BCUT2D eigenvalue weighted by Gasteiger charge is 2.28. The normalized spacial score (nSPS) is 16.2. The van der Waals surface area contributed by atoms with Crippen LogP contribution in [0.15, 0.2) is 53.1 Å². The zero-order valence-corrected chi connectivity index (χ0v) is 17.2. The molecule has 4 rings (SSSR count). The lowest BCUT2D eigenvalue weighted by Crippen LogP contribution is -2.40. The molecule has 1 unspecified atom stereocenters. The van der Waals surface area contributed by atoms with E-state index >= 15 is 0 Å². The number of likely N-dealkylation sites (tertiary alicyclic amines) is 1. The summed E-state index contributed by atoms with van der Waals surface area (Å²) >= 11 is 0. The Hall–Kier alpha value is -3.55. The molecule has 7 nitrogen and oxygen atoms in total. The van der Waals surface area contributed by atoms with Crippen LogP contribution in [0.1, 0.15) is 37.1 Å². The van der Waals surface area contributed by atoms with E-state index in [-0.39, 0.29) is 30.0 Å². The van der Waals surface area contributed by atoms with Crippen molar-refractivity contribution >= 4 is 17.5 Å². The number of piperidine rings is 1. The molecule has 0 aliphatic carbocycles. The fourth-order valence-electron chi connectivity index (χ4n) is 3.76. The molecule has 1 N–H and O–H groups in total. The first-order chi connectivity index (χ1) is 15.0. The van der Waals surface area contributed by atoms with Crippen LogP contribution in [0.25, 0.3) is 11.4 Å². The molecule has 1 saturated heterocycles. The van der Waals surface area contributed by atoms with Crippen molar-refractivity contribution in [1.29, 1.82) is 0 Å². The minimum Gasteiger partial charge on any atom is -0.342 e. The van der Waals surface area contributed by atoms with Gasteiger partial charge in [-0.15, -0.1) is 0 Å². The quantitative estimate of drug-likeness (QED) is 0.676. The number of carbonyl (C=O) groups excluding carboxylic acids is 2. The lowest BCUT2D eigenvalue weighted by atomic mass is 9.97. The van der Waals surface area contributed by atoms with Crippen LogP contribution in [0.5, 0.6) is 0 Å². The second-order valence-electron chi connectivity index (χ2n) is 7.70. The van der Waals surface area contributed by atoms with Crippen LogP contribution in [0.3, 0.4) is 0 Å². The van der Waals surface area contributed by atoms with Gasteiger partial charge in [0.15, 0.2) is 0 Å². The van der Waals surface area contributed by atoms with E-state index in [9.17, 15) is 14.0 Å². The monoisotopic (exact) mass is 422 g/mol. The number of hydrogen-bond donors (Lipinski definition) is 1. The summed E-state index contributed by atoms with van der Waals surface area (Å²) in [6, 6.07) is 13.3. The molecule has 1 atom stereocenters. The molecule has 3 aromatic rings. The molecule has 8 heteroatoms. The van der Waals surface area contributed by atoms with Crippen LogP contribution in [0, 0.1) is 5.82 Å². The lowest BCUT2D eigenvalue weighted by molar-refractivity contribution is -0.131. The number of nitrogens with one attached hydrogen (secondary N) is 1. The molecule has 1 aliphatic heterocycles. The molecule has 1 aliphatic rings. The highest BCUT2D eigenvalue weighted by Crippen LogP contribution is 2.28. The van der Waals surface area contributed by atoms with Gasteiger partial charge in [-0.05, 0) is 54.8 Å². The maximum Gasteiger partial charge on any atom is 0.231 e. The zero-order valence-electron chi connectivity index (χ0n) is 17.2. The van der Waals surface area contributed by atoms with Crippen LogP contribution in [-0.4, -0.2) is 39.9 Å². The number of anilines is 1. The Morgan fingerprint density at radius 1 is 1.23 bits per heavy atom. The smallest absolute Gasteiger partial charge is 0.231 e. The first kappa shape index (κ1) is 20.7. The zero-order chi connectivity index (χ0) is 21.8. The summed E-state index contributed by atoms with van der Waals surface area (Å²) in [7, 11) is 0. The van der Waals surface area contributed by atoms with Crippen LogP contribution in [0.4, 0.5) is 10.1 Å². The molecule has 160 valence electrons. The summed E-state index contributed by atoms with van der Waals surface area (Å²) < 4.78 is 18.9. The first-order valence-corrected chi connectivity index (χ1v) is 10.2. The predicted molar refractivity (Wildman–Crippen MR) is 113 cm³/mol. The molecule has 0 radical (unpaired) electrons. The number of halogens is 1. The van der Waals surface area contributed by atoms with Crippen molar-refractivity contribution in [2.75, 3.05) is 18.4 Å². The number of hydrogen-bond acceptors (Lipinski definition) is 5. The van der Waals surface area contributed by atoms with Crippen LogP contribution in [-0.2, 0) is 16.0 Å². The van der Waals surface area contributed by atoms with Gasteiger partial charge < -0.3 is 14.7 Å². The predicted octanol–water partition coefficient (Wildman–Crippen LogP) is 3.78. The van der Waals surface area contributed by atoms with E-state index in [1.807, 2.05) is 12.1 Å².